The van der Waals surface area contributed by atoms with Gasteiger partial charge in [-0.2, -0.15) is 11.8 Å². The Balaban J connectivity index is 2.13. The maximum Gasteiger partial charge on any atom is 0.229 e. The van der Waals surface area contributed by atoms with E-state index in [1.54, 1.807) is 0 Å². The molecule has 1 rings (SSSR count). The molecule has 1 saturated heterocycles. The van der Waals surface area contributed by atoms with Crippen molar-refractivity contribution in [3.05, 3.63) is 0 Å². The van der Waals surface area contributed by atoms with Gasteiger partial charge in [0.05, 0.1) is 0 Å². The van der Waals surface area contributed by atoms with Crippen molar-refractivity contribution >= 4 is 39.7 Å². The highest BCUT2D eigenvalue weighted by Crippen LogP contribution is 2.20. The van der Waals surface area contributed by atoms with E-state index in [4.69, 9.17) is 0 Å². The van der Waals surface area contributed by atoms with Crippen LogP contribution in [-0.2, 0) is 14.4 Å². The molecule has 5 nitrogen and oxygen atoms in total. The Hall–Kier alpha value is -0.823. The molecule has 1 fully saturated rings. The topological polar surface area (TPSA) is 66.5 Å². The fraction of sp³-hybridized carbons (Fsp3) is 0.769. The molecule has 1 unspecified atom stereocenters. The van der Waals surface area contributed by atoms with Gasteiger partial charge in [0.15, 0.2) is 0 Å². The molecule has 7 heteroatoms. The average molecular weight is 316 g/mol. The summed E-state index contributed by atoms with van der Waals surface area (Å²) in [6.45, 7) is 4.95. The summed E-state index contributed by atoms with van der Waals surface area (Å²) in [5.74, 6) is 0.814. The van der Waals surface area contributed by atoms with E-state index >= 15 is 0 Å². The summed E-state index contributed by atoms with van der Waals surface area (Å²) in [4.78, 5) is 36.1. The zero-order chi connectivity index (χ0) is 15.1. The molecule has 3 amide bonds. The largest absolute Gasteiger partial charge is 0.354 e. The van der Waals surface area contributed by atoms with Gasteiger partial charge >= 0.3 is 0 Å². The van der Waals surface area contributed by atoms with Gasteiger partial charge < -0.3 is 5.32 Å². The second-order valence-electron chi connectivity index (χ2n) is 5.36. The van der Waals surface area contributed by atoms with Crippen LogP contribution in [0.5, 0.6) is 0 Å². The third kappa shape index (κ3) is 5.66. The summed E-state index contributed by atoms with van der Waals surface area (Å²) in [6, 6.07) is 0. The van der Waals surface area contributed by atoms with Crippen molar-refractivity contribution in [3.63, 3.8) is 0 Å². The first kappa shape index (κ1) is 17.2. The molecular weight excluding hydrogens is 292 g/mol. The first-order valence-electron chi connectivity index (χ1n) is 7.14. The molecule has 0 aromatic rings. The van der Waals surface area contributed by atoms with Gasteiger partial charge in [0, 0.05) is 41.7 Å². The smallest absolute Gasteiger partial charge is 0.229 e. The molecule has 1 atom stereocenters. The third-order valence-corrected chi connectivity index (χ3v) is 5.22. The second kappa shape index (κ2) is 8.46. The molecule has 0 saturated carbocycles. The van der Waals surface area contributed by atoms with Crippen LogP contribution in [0, 0.1) is 0 Å². The molecule has 1 aliphatic rings. The van der Waals surface area contributed by atoms with Crippen LogP contribution in [-0.4, -0.2) is 57.0 Å². The van der Waals surface area contributed by atoms with E-state index < -0.39 is 0 Å². The van der Waals surface area contributed by atoms with E-state index in [0.29, 0.717) is 41.4 Å². The van der Waals surface area contributed by atoms with Crippen LogP contribution in [0.15, 0.2) is 0 Å². The summed E-state index contributed by atoms with van der Waals surface area (Å²) >= 11 is 1.84. The van der Waals surface area contributed by atoms with Crippen LogP contribution in [0.1, 0.15) is 33.1 Å². The lowest BCUT2D eigenvalue weighted by Gasteiger charge is -2.14. The van der Waals surface area contributed by atoms with Gasteiger partial charge in [-0.3, -0.25) is 19.3 Å². The van der Waals surface area contributed by atoms with Crippen molar-refractivity contribution in [2.24, 2.45) is 0 Å². The number of carbonyl (C=O) groups is 3. The summed E-state index contributed by atoms with van der Waals surface area (Å²) in [5.41, 5.74) is -0.0775. The molecule has 0 radical (unpaired) electrons. The molecule has 1 N–H and O–H groups in total. The van der Waals surface area contributed by atoms with Gasteiger partial charge in [0.1, 0.15) is 0 Å². The monoisotopic (exact) mass is 316 g/mol. The summed E-state index contributed by atoms with van der Waals surface area (Å²) in [5, 5.41) is 3.36. The quantitative estimate of drug-likeness (QED) is 0.387. The minimum atomic E-state index is -0.0995. The van der Waals surface area contributed by atoms with Gasteiger partial charge in [0.25, 0.3) is 0 Å². The molecule has 0 aromatic heterocycles. The second-order valence-corrected chi connectivity index (χ2v) is 8.44. The Morgan fingerprint density at radius 3 is 2.75 bits per heavy atom. The number of amides is 3. The number of hydrogen-bond donors (Lipinski definition) is 1. The number of nitrogens with one attached hydrogen (secondary N) is 1. The van der Waals surface area contributed by atoms with Crippen LogP contribution in [0.2, 0.25) is 5.54 Å². The van der Waals surface area contributed by atoms with Gasteiger partial charge in [-0.05, 0) is 17.4 Å². The number of thioether (sulfide) groups is 1. The van der Waals surface area contributed by atoms with Crippen LogP contribution in [0.3, 0.4) is 0 Å². The van der Waals surface area contributed by atoms with Crippen LogP contribution < -0.4 is 5.32 Å². The van der Waals surface area contributed by atoms with Gasteiger partial charge in [-0.15, -0.1) is 0 Å². The summed E-state index contributed by atoms with van der Waals surface area (Å²) < 4.78 is 0. The average Bonchev–Trinajstić information content (AvgIpc) is 2.61. The predicted molar refractivity (Wildman–Crippen MR) is 84.9 cm³/mol. The molecule has 20 heavy (non-hydrogen) atoms. The zero-order valence-electron chi connectivity index (χ0n) is 12.5. The Kier molecular flexibility index (Phi) is 7.29. The normalized spacial score (nSPS) is 19.1. The fourth-order valence-corrected chi connectivity index (χ4v) is 3.47. The molecule has 1 heterocycles. The standard InChI is InChI=1S/C13H24N2O3SSi/c1-9(2)19-7-3-4-11(16)14-5-6-15-12(17)8-10(20)13(15)18/h9-10H,3-8H2,1-2,20H3,(H,14,16). The Bertz CT molecular complexity index is 377. The Morgan fingerprint density at radius 1 is 1.50 bits per heavy atom. The first-order chi connectivity index (χ1) is 9.41. The first-order valence-corrected chi connectivity index (χ1v) is 9.34. The number of nitrogens with zero attached hydrogens (tertiary/aromatic N) is 1. The SMILES string of the molecule is CC(C)SCCCC(=O)NCCN1C(=O)CC([SiH3])C1=O. The summed E-state index contributed by atoms with van der Waals surface area (Å²) in [7, 11) is 0.717. The molecule has 0 bridgehead atoms. The molecule has 0 aromatic carbocycles. The third-order valence-electron chi connectivity index (χ3n) is 3.13. The number of likely N-dealkylation sites (tertiary alicyclic amines) is 1. The highest BCUT2D eigenvalue weighted by atomic mass is 32.2. The lowest BCUT2D eigenvalue weighted by atomic mass is 10.3. The van der Waals surface area contributed by atoms with E-state index in [-0.39, 0.29) is 23.3 Å². The minimum absolute atomic E-state index is 0.00382. The molecular formula is C13H24N2O3SSi. The van der Waals surface area contributed by atoms with Crippen molar-refractivity contribution in [1.82, 2.24) is 10.2 Å². The van der Waals surface area contributed by atoms with Crippen molar-refractivity contribution in [2.45, 2.75) is 43.9 Å². The van der Waals surface area contributed by atoms with Gasteiger partial charge in [0.2, 0.25) is 17.7 Å². The van der Waals surface area contributed by atoms with E-state index in [9.17, 15) is 14.4 Å². The van der Waals surface area contributed by atoms with E-state index in [0.717, 1.165) is 12.2 Å². The fourth-order valence-electron chi connectivity index (χ4n) is 2.03. The number of carbonyl (C=O) groups excluding carboxylic acids is 3. The zero-order valence-corrected chi connectivity index (χ0v) is 15.3. The number of hydrogen-bond acceptors (Lipinski definition) is 4. The lowest BCUT2D eigenvalue weighted by molar-refractivity contribution is -0.138. The highest BCUT2D eigenvalue weighted by molar-refractivity contribution is 7.99. The van der Waals surface area contributed by atoms with E-state index in [1.807, 2.05) is 11.8 Å². The van der Waals surface area contributed by atoms with Crippen LogP contribution in [0.25, 0.3) is 0 Å². The molecule has 1 aliphatic heterocycles. The van der Waals surface area contributed by atoms with E-state index in [2.05, 4.69) is 19.2 Å². The highest BCUT2D eigenvalue weighted by Gasteiger charge is 2.34. The van der Waals surface area contributed by atoms with Crippen LogP contribution >= 0.6 is 11.8 Å². The van der Waals surface area contributed by atoms with Gasteiger partial charge in [-0.25, -0.2) is 0 Å². The van der Waals surface area contributed by atoms with Crippen molar-refractivity contribution in [3.8, 4) is 0 Å². The molecule has 0 aliphatic carbocycles. The maximum atomic E-state index is 11.7. The predicted octanol–water partition coefficient (Wildman–Crippen LogP) is -0.0628. The van der Waals surface area contributed by atoms with Crippen molar-refractivity contribution in [1.29, 1.82) is 0 Å². The number of imide groups is 1. The van der Waals surface area contributed by atoms with Crippen molar-refractivity contribution in [2.75, 3.05) is 18.8 Å². The van der Waals surface area contributed by atoms with Gasteiger partial charge in [-0.1, -0.05) is 13.8 Å². The van der Waals surface area contributed by atoms with Crippen molar-refractivity contribution < 1.29 is 14.4 Å². The Morgan fingerprint density at radius 2 is 2.20 bits per heavy atom. The lowest BCUT2D eigenvalue weighted by Crippen LogP contribution is -2.38. The van der Waals surface area contributed by atoms with Crippen LogP contribution in [0.4, 0.5) is 0 Å². The van der Waals surface area contributed by atoms with E-state index in [1.165, 1.54) is 4.90 Å². The minimum Gasteiger partial charge on any atom is -0.354 e. The number of rotatable bonds is 8. The molecule has 0 spiro atoms. The molecule has 114 valence electrons. The Labute approximate surface area is 127 Å². The summed E-state index contributed by atoms with van der Waals surface area (Å²) in [6.07, 6.45) is 1.72. The maximum absolute atomic E-state index is 11.7.